The Bertz CT molecular complexity index is 496. The van der Waals surface area contributed by atoms with E-state index in [4.69, 9.17) is 9.15 Å². The minimum Gasteiger partial charge on any atom is -0.496 e. The van der Waals surface area contributed by atoms with Crippen LogP contribution in [0.3, 0.4) is 0 Å². The van der Waals surface area contributed by atoms with Crippen LogP contribution in [0.25, 0.3) is 0 Å². The number of aliphatic hydroxyl groups is 1. The molecular formula is C15H19NO3. The van der Waals surface area contributed by atoms with Gasteiger partial charge >= 0.3 is 0 Å². The smallest absolute Gasteiger partial charge is 0.133 e. The van der Waals surface area contributed by atoms with Crippen molar-refractivity contribution in [2.24, 2.45) is 0 Å². The summed E-state index contributed by atoms with van der Waals surface area (Å²) in [4.78, 5) is 0. The van der Waals surface area contributed by atoms with E-state index in [1.165, 1.54) is 0 Å². The number of rotatable bonds is 6. The highest BCUT2D eigenvalue weighted by Crippen LogP contribution is 2.24. The summed E-state index contributed by atoms with van der Waals surface area (Å²) in [6, 6.07) is 11.5. The lowest BCUT2D eigenvalue weighted by atomic mass is 10.1. The van der Waals surface area contributed by atoms with E-state index < -0.39 is 6.10 Å². The molecule has 0 radical (unpaired) electrons. The standard InChI is InChI=1S/C15H19NO3/c1-11(12-6-3-4-7-14(12)18-2)16-10-13(17)15-8-5-9-19-15/h3-9,11,13,16-17H,10H2,1-2H3. The van der Waals surface area contributed by atoms with Crippen LogP contribution in [-0.4, -0.2) is 18.8 Å². The van der Waals surface area contributed by atoms with Gasteiger partial charge in [-0.1, -0.05) is 18.2 Å². The molecule has 1 heterocycles. The molecule has 2 atom stereocenters. The van der Waals surface area contributed by atoms with Gasteiger partial charge in [0.15, 0.2) is 0 Å². The predicted molar refractivity (Wildman–Crippen MR) is 73.1 cm³/mol. The molecule has 102 valence electrons. The van der Waals surface area contributed by atoms with Gasteiger partial charge in [0, 0.05) is 18.2 Å². The molecule has 0 aliphatic rings. The fourth-order valence-corrected chi connectivity index (χ4v) is 2.00. The summed E-state index contributed by atoms with van der Waals surface area (Å²) in [5.41, 5.74) is 1.07. The number of furan rings is 1. The normalized spacial score (nSPS) is 14.1. The van der Waals surface area contributed by atoms with E-state index in [-0.39, 0.29) is 6.04 Å². The lowest BCUT2D eigenvalue weighted by Crippen LogP contribution is -2.24. The van der Waals surface area contributed by atoms with Crippen molar-refractivity contribution in [1.82, 2.24) is 5.32 Å². The monoisotopic (exact) mass is 261 g/mol. The summed E-state index contributed by atoms with van der Waals surface area (Å²) in [5.74, 6) is 1.41. The van der Waals surface area contributed by atoms with Crippen LogP contribution < -0.4 is 10.1 Å². The third-order valence-corrected chi connectivity index (χ3v) is 3.09. The van der Waals surface area contributed by atoms with E-state index in [9.17, 15) is 5.11 Å². The highest BCUT2D eigenvalue weighted by Gasteiger charge is 2.14. The summed E-state index contributed by atoms with van der Waals surface area (Å²) in [7, 11) is 1.66. The summed E-state index contributed by atoms with van der Waals surface area (Å²) < 4.78 is 10.5. The van der Waals surface area contributed by atoms with E-state index in [2.05, 4.69) is 5.32 Å². The van der Waals surface area contributed by atoms with Gasteiger partial charge in [-0.05, 0) is 25.1 Å². The zero-order chi connectivity index (χ0) is 13.7. The topological polar surface area (TPSA) is 54.6 Å². The Kier molecular flexibility index (Phi) is 4.60. The Balaban J connectivity index is 1.96. The van der Waals surface area contributed by atoms with Crippen molar-refractivity contribution >= 4 is 0 Å². The van der Waals surface area contributed by atoms with E-state index >= 15 is 0 Å². The number of hydrogen-bond acceptors (Lipinski definition) is 4. The SMILES string of the molecule is COc1ccccc1C(C)NCC(O)c1ccco1. The number of ether oxygens (including phenoxy) is 1. The van der Waals surface area contributed by atoms with Crippen LogP contribution in [0.5, 0.6) is 5.75 Å². The van der Waals surface area contributed by atoms with Crippen molar-refractivity contribution in [3.05, 3.63) is 54.0 Å². The number of nitrogens with one attached hydrogen (secondary N) is 1. The molecule has 2 aromatic rings. The van der Waals surface area contributed by atoms with Crippen molar-refractivity contribution in [2.75, 3.05) is 13.7 Å². The van der Waals surface area contributed by atoms with Crippen LogP contribution in [0.4, 0.5) is 0 Å². The van der Waals surface area contributed by atoms with Crippen molar-refractivity contribution in [2.45, 2.75) is 19.1 Å². The number of benzene rings is 1. The summed E-state index contributed by atoms with van der Waals surface area (Å²) in [6.45, 7) is 2.46. The van der Waals surface area contributed by atoms with Crippen molar-refractivity contribution < 1.29 is 14.3 Å². The van der Waals surface area contributed by atoms with Crippen LogP contribution in [0, 0.1) is 0 Å². The first-order valence-corrected chi connectivity index (χ1v) is 6.30. The maximum absolute atomic E-state index is 9.94. The van der Waals surface area contributed by atoms with Crippen molar-refractivity contribution in [3.63, 3.8) is 0 Å². The second-order valence-corrected chi connectivity index (χ2v) is 4.40. The third-order valence-electron chi connectivity index (χ3n) is 3.09. The van der Waals surface area contributed by atoms with E-state index in [1.54, 1.807) is 25.5 Å². The molecule has 0 fully saturated rings. The number of aliphatic hydroxyl groups excluding tert-OH is 1. The molecule has 0 aliphatic heterocycles. The number of hydrogen-bond donors (Lipinski definition) is 2. The zero-order valence-electron chi connectivity index (χ0n) is 11.2. The van der Waals surface area contributed by atoms with Crippen LogP contribution >= 0.6 is 0 Å². The van der Waals surface area contributed by atoms with Crippen LogP contribution in [0.2, 0.25) is 0 Å². The Morgan fingerprint density at radius 3 is 2.74 bits per heavy atom. The lowest BCUT2D eigenvalue weighted by Gasteiger charge is -2.18. The molecule has 2 unspecified atom stereocenters. The molecule has 4 heteroatoms. The molecule has 2 rings (SSSR count). The summed E-state index contributed by atoms with van der Waals surface area (Å²) in [5, 5.41) is 13.2. The third kappa shape index (κ3) is 3.36. The van der Waals surface area contributed by atoms with Crippen LogP contribution in [-0.2, 0) is 0 Å². The maximum Gasteiger partial charge on any atom is 0.133 e. The van der Waals surface area contributed by atoms with Crippen molar-refractivity contribution in [3.8, 4) is 5.75 Å². The van der Waals surface area contributed by atoms with Crippen LogP contribution in [0.15, 0.2) is 47.1 Å². The predicted octanol–water partition coefficient (Wildman–Crippen LogP) is 2.67. The molecule has 0 spiro atoms. The second-order valence-electron chi connectivity index (χ2n) is 4.40. The molecule has 19 heavy (non-hydrogen) atoms. The first-order chi connectivity index (χ1) is 9.22. The van der Waals surface area contributed by atoms with Gasteiger partial charge in [0.1, 0.15) is 17.6 Å². The van der Waals surface area contributed by atoms with Gasteiger partial charge in [-0.15, -0.1) is 0 Å². The van der Waals surface area contributed by atoms with Gasteiger partial charge in [0.05, 0.1) is 13.4 Å². The minimum atomic E-state index is -0.646. The molecule has 0 aliphatic carbocycles. The van der Waals surface area contributed by atoms with E-state index in [0.29, 0.717) is 12.3 Å². The molecule has 0 amide bonds. The maximum atomic E-state index is 9.94. The lowest BCUT2D eigenvalue weighted by molar-refractivity contribution is 0.144. The molecule has 0 saturated heterocycles. The highest BCUT2D eigenvalue weighted by atomic mass is 16.5. The minimum absolute atomic E-state index is 0.0840. The van der Waals surface area contributed by atoms with E-state index in [0.717, 1.165) is 11.3 Å². The first kappa shape index (κ1) is 13.6. The molecule has 0 bridgehead atoms. The first-order valence-electron chi connectivity index (χ1n) is 6.30. The van der Waals surface area contributed by atoms with Gasteiger partial charge in [0.2, 0.25) is 0 Å². The van der Waals surface area contributed by atoms with Gasteiger partial charge in [0.25, 0.3) is 0 Å². The van der Waals surface area contributed by atoms with Gasteiger partial charge in [-0.2, -0.15) is 0 Å². The summed E-state index contributed by atoms with van der Waals surface area (Å²) >= 11 is 0. The molecule has 1 aromatic carbocycles. The van der Waals surface area contributed by atoms with Crippen molar-refractivity contribution in [1.29, 1.82) is 0 Å². The molecule has 0 saturated carbocycles. The largest absolute Gasteiger partial charge is 0.496 e. The Morgan fingerprint density at radius 2 is 2.05 bits per heavy atom. The highest BCUT2D eigenvalue weighted by molar-refractivity contribution is 5.35. The van der Waals surface area contributed by atoms with Gasteiger partial charge in [-0.25, -0.2) is 0 Å². The Hall–Kier alpha value is -1.78. The molecule has 1 aromatic heterocycles. The second kappa shape index (κ2) is 6.41. The average Bonchev–Trinajstić information content (AvgIpc) is 2.98. The summed E-state index contributed by atoms with van der Waals surface area (Å²) in [6.07, 6.45) is 0.912. The van der Waals surface area contributed by atoms with Crippen LogP contribution in [0.1, 0.15) is 30.4 Å². The molecule has 2 N–H and O–H groups in total. The Labute approximate surface area is 113 Å². The van der Waals surface area contributed by atoms with Gasteiger partial charge in [-0.3, -0.25) is 0 Å². The molecule has 4 nitrogen and oxygen atoms in total. The fraction of sp³-hybridized carbons (Fsp3) is 0.333. The Morgan fingerprint density at radius 1 is 1.26 bits per heavy atom. The average molecular weight is 261 g/mol. The quantitative estimate of drug-likeness (QED) is 0.839. The number of para-hydroxylation sites is 1. The molecular weight excluding hydrogens is 242 g/mol. The zero-order valence-corrected chi connectivity index (χ0v) is 11.2. The number of methoxy groups -OCH3 is 1. The van der Waals surface area contributed by atoms with Gasteiger partial charge < -0.3 is 19.6 Å². The fourth-order valence-electron chi connectivity index (χ4n) is 2.00. The van der Waals surface area contributed by atoms with E-state index in [1.807, 2.05) is 31.2 Å².